The molecule has 0 bridgehead atoms. The summed E-state index contributed by atoms with van der Waals surface area (Å²) in [6.45, 7) is 2.03. The van der Waals surface area contributed by atoms with Crippen LogP contribution in [0.5, 0.6) is 11.5 Å². The molecule has 4 heteroatoms. The van der Waals surface area contributed by atoms with E-state index in [1.807, 2.05) is 37.3 Å². The monoisotopic (exact) mass is 303 g/mol. The van der Waals surface area contributed by atoms with Crippen molar-refractivity contribution in [2.45, 2.75) is 25.5 Å². The van der Waals surface area contributed by atoms with Crippen LogP contribution in [0.1, 0.15) is 35.3 Å². The zero-order chi connectivity index (χ0) is 15.0. The third kappa shape index (κ3) is 2.71. The smallest absolute Gasteiger partial charge is 0.126 e. The number of rotatable bonds is 2. The van der Waals surface area contributed by atoms with Gasteiger partial charge in [0.15, 0.2) is 0 Å². The summed E-state index contributed by atoms with van der Waals surface area (Å²) in [5.41, 5.74) is 9.46. The van der Waals surface area contributed by atoms with Crippen molar-refractivity contribution in [3.05, 3.63) is 58.1 Å². The van der Waals surface area contributed by atoms with Gasteiger partial charge >= 0.3 is 0 Å². The van der Waals surface area contributed by atoms with Crippen LogP contribution in [0, 0.1) is 6.92 Å². The lowest BCUT2D eigenvalue weighted by Crippen LogP contribution is -2.24. The molecule has 2 aromatic rings. The largest absolute Gasteiger partial charge is 0.496 e. The van der Waals surface area contributed by atoms with E-state index in [0.717, 1.165) is 34.6 Å². The Bertz CT molecular complexity index is 672. The predicted molar refractivity (Wildman–Crippen MR) is 84.1 cm³/mol. The molecule has 0 aromatic heterocycles. The molecular formula is C17H18ClNO2. The average Bonchev–Trinajstić information content (AvgIpc) is 2.47. The van der Waals surface area contributed by atoms with Crippen molar-refractivity contribution in [2.24, 2.45) is 5.73 Å². The maximum Gasteiger partial charge on any atom is 0.126 e. The average molecular weight is 304 g/mol. The van der Waals surface area contributed by atoms with Gasteiger partial charge in [0.05, 0.1) is 7.11 Å². The quantitative estimate of drug-likeness (QED) is 0.905. The van der Waals surface area contributed by atoms with E-state index in [-0.39, 0.29) is 12.1 Å². The zero-order valence-electron chi connectivity index (χ0n) is 12.1. The fourth-order valence-corrected chi connectivity index (χ4v) is 2.96. The highest BCUT2D eigenvalue weighted by molar-refractivity contribution is 6.30. The molecule has 0 spiro atoms. The second-order valence-corrected chi connectivity index (χ2v) is 5.80. The van der Waals surface area contributed by atoms with E-state index in [4.69, 9.17) is 26.8 Å². The Morgan fingerprint density at radius 1 is 1.24 bits per heavy atom. The second-order valence-electron chi connectivity index (χ2n) is 5.36. The van der Waals surface area contributed by atoms with Gasteiger partial charge in [0.1, 0.15) is 17.6 Å². The summed E-state index contributed by atoms with van der Waals surface area (Å²) in [6.07, 6.45) is 0.692. The van der Waals surface area contributed by atoms with Crippen molar-refractivity contribution in [1.29, 1.82) is 0 Å². The molecule has 2 atom stereocenters. The van der Waals surface area contributed by atoms with E-state index < -0.39 is 0 Å². The van der Waals surface area contributed by atoms with Gasteiger partial charge < -0.3 is 15.2 Å². The molecule has 2 N–H and O–H groups in total. The zero-order valence-corrected chi connectivity index (χ0v) is 12.9. The summed E-state index contributed by atoms with van der Waals surface area (Å²) in [7, 11) is 1.68. The van der Waals surface area contributed by atoms with Gasteiger partial charge in [-0.25, -0.2) is 0 Å². The molecule has 1 aliphatic heterocycles. The first kappa shape index (κ1) is 14.2. The van der Waals surface area contributed by atoms with Crippen LogP contribution in [0.2, 0.25) is 5.02 Å². The number of nitrogens with two attached hydrogens (primary N) is 1. The van der Waals surface area contributed by atoms with Crippen molar-refractivity contribution >= 4 is 11.6 Å². The Labute approximate surface area is 129 Å². The van der Waals surface area contributed by atoms with Gasteiger partial charge in [-0.15, -0.1) is 0 Å². The van der Waals surface area contributed by atoms with E-state index in [2.05, 4.69) is 6.07 Å². The molecule has 0 saturated heterocycles. The Morgan fingerprint density at radius 2 is 2.05 bits per heavy atom. The van der Waals surface area contributed by atoms with Crippen molar-refractivity contribution in [1.82, 2.24) is 0 Å². The molecule has 1 aliphatic rings. The van der Waals surface area contributed by atoms with E-state index in [0.29, 0.717) is 5.02 Å². The van der Waals surface area contributed by atoms with Gasteiger partial charge in [0, 0.05) is 23.0 Å². The van der Waals surface area contributed by atoms with E-state index in [1.165, 1.54) is 0 Å². The summed E-state index contributed by atoms with van der Waals surface area (Å²) in [5.74, 6) is 1.70. The number of aryl methyl sites for hydroxylation is 1. The number of methoxy groups -OCH3 is 1. The van der Waals surface area contributed by atoms with Gasteiger partial charge in [-0.1, -0.05) is 17.7 Å². The number of hydrogen-bond donors (Lipinski definition) is 1. The van der Waals surface area contributed by atoms with Crippen LogP contribution in [0.25, 0.3) is 0 Å². The van der Waals surface area contributed by atoms with Crippen LogP contribution >= 0.6 is 11.6 Å². The van der Waals surface area contributed by atoms with Crippen molar-refractivity contribution in [3.8, 4) is 11.5 Å². The molecule has 3 nitrogen and oxygen atoms in total. The topological polar surface area (TPSA) is 44.5 Å². The minimum Gasteiger partial charge on any atom is -0.496 e. The summed E-state index contributed by atoms with van der Waals surface area (Å²) in [6, 6.07) is 11.6. The number of ether oxygens (including phenoxy) is 2. The highest BCUT2D eigenvalue weighted by Gasteiger charge is 2.27. The molecular weight excluding hydrogens is 286 g/mol. The Hall–Kier alpha value is -1.71. The first-order valence-corrected chi connectivity index (χ1v) is 7.32. The molecule has 0 aliphatic carbocycles. The van der Waals surface area contributed by atoms with Crippen LogP contribution in [0.4, 0.5) is 0 Å². The van der Waals surface area contributed by atoms with Gasteiger partial charge in [0.25, 0.3) is 0 Å². The molecule has 0 saturated carbocycles. The van der Waals surface area contributed by atoms with Crippen LogP contribution in [0.3, 0.4) is 0 Å². The Kier molecular flexibility index (Phi) is 3.79. The first-order valence-electron chi connectivity index (χ1n) is 6.94. The number of hydrogen-bond acceptors (Lipinski definition) is 3. The molecule has 0 radical (unpaired) electrons. The standard InChI is InChI=1S/C17H18ClNO2/c1-10-7-11(3-5-15(10)20-2)17-9-14(19)13-8-12(18)4-6-16(13)21-17/h3-8,14,17H,9,19H2,1-2H3/t14-,17?/m1/s1. The number of benzene rings is 2. The fourth-order valence-electron chi connectivity index (χ4n) is 2.78. The predicted octanol–water partition coefficient (Wildman–Crippen LogP) is 4.18. The highest BCUT2D eigenvalue weighted by atomic mass is 35.5. The van der Waals surface area contributed by atoms with Crippen molar-refractivity contribution in [2.75, 3.05) is 7.11 Å². The van der Waals surface area contributed by atoms with Crippen LogP contribution in [-0.2, 0) is 0 Å². The third-order valence-corrected chi connectivity index (χ3v) is 4.13. The lowest BCUT2D eigenvalue weighted by atomic mass is 9.93. The van der Waals surface area contributed by atoms with Crippen molar-refractivity contribution in [3.63, 3.8) is 0 Å². The van der Waals surface area contributed by atoms with Crippen LogP contribution in [-0.4, -0.2) is 7.11 Å². The second kappa shape index (κ2) is 5.58. The molecule has 3 rings (SSSR count). The maximum absolute atomic E-state index is 6.27. The lowest BCUT2D eigenvalue weighted by Gasteiger charge is -2.31. The van der Waals surface area contributed by atoms with Gasteiger partial charge in [0.2, 0.25) is 0 Å². The van der Waals surface area contributed by atoms with E-state index in [9.17, 15) is 0 Å². The Balaban J connectivity index is 1.92. The van der Waals surface area contributed by atoms with Crippen LogP contribution in [0.15, 0.2) is 36.4 Å². The molecule has 0 fully saturated rings. The van der Waals surface area contributed by atoms with E-state index >= 15 is 0 Å². The molecule has 2 aromatic carbocycles. The number of fused-ring (bicyclic) bond motifs is 1. The first-order chi connectivity index (χ1) is 10.1. The highest BCUT2D eigenvalue weighted by Crippen LogP contribution is 2.41. The molecule has 0 amide bonds. The summed E-state index contributed by atoms with van der Waals surface area (Å²) >= 11 is 6.02. The SMILES string of the molecule is COc1ccc(C2C[C@@H](N)c3cc(Cl)ccc3O2)cc1C. The molecule has 21 heavy (non-hydrogen) atoms. The Morgan fingerprint density at radius 3 is 2.76 bits per heavy atom. The normalized spacial score (nSPS) is 20.6. The third-order valence-electron chi connectivity index (χ3n) is 3.90. The molecule has 1 unspecified atom stereocenters. The fraction of sp³-hybridized carbons (Fsp3) is 0.294. The van der Waals surface area contributed by atoms with Crippen molar-refractivity contribution < 1.29 is 9.47 Å². The van der Waals surface area contributed by atoms with Gasteiger partial charge in [-0.05, 0) is 48.4 Å². The maximum atomic E-state index is 6.27. The van der Waals surface area contributed by atoms with Gasteiger partial charge in [-0.2, -0.15) is 0 Å². The minimum atomic E-state index is -0.0696. The number of halogens is 1. The molecule has 110 valence electrons. The summed E-state index contributed by atoms with van der Waals surface area (Å²) in [4.78, 5) is 0. The summed E-state index contributed by atoms with van der Waals surface area (Å²) < 4.78 is 11.4. The molecule has 1 heterocycles. The lowest BCUT2D eigenvalue weighted by molar-refractivity contribution is 0.161. The van der Waals surface area contributed by atoms with E-state index in [1.54, 1.807) is 7.11 Å². The summed E-state index contributed by atoms with van der Waals surface area (Å²) in [5, 5.41) is 0.687. The van der Waals surface area contributed by atoms with Crippen LogP contribution < -0.4 is 15.2 Å². The minimum absolute atomic E-state index is 0.0433. The van der Waals surface area contributed by atoms with Gasteiger partial charge in [-0.3, -0.25) is 0 Å².